The van der Waals surface area contributed by atoms with Gasteiger partial charge in [0, 0.05) is 34.4 Å². The molecule has 0 saturated heterocycles. The number of H-pyrrole nitrogens is 1. The molecule has 1 aliphatic heterocycles. The topological polar surface area (TPSA) is 63.8 Å². The van der Waals surface area contributed by atoms with Gasteiger partial charge in [0.25, 0.3) is 5.91 Å². The predicted molar refractivity (Wildman–Crippen MR) is 118 cm³/mol. The molecule has 2 heterocycles. The van der Waals surface area contributed by atoms with E-state index in [4.69, 9.17) is 14.2 Å². The minimum Gasteiger partial charge on any atom is -0.493 e. The number of nitrogens with one attached hydrogen (secondary N) is 1. The number of rotatable bonds is 6. The van der Waals surface area contributed by atoms with Crippen LogP contribution in [0.1, 0.15) is 37.6 Å². The fraction of sp³-hybridized carbons (Fsp3) is 0.375. The van der Waals surface area contributed by atoms with Gasteiger partial charge in [0.1, 0.15) is 13.2 Å². The van der Waals surface area contributed by atoms with Gasteiger partial charge in [-0.2, -0.15) is 0 Å². The first-order chi connectivity index (χ1) is 14.5. The second-order valence-electron chi connectivity index (χ2n) is 8.11. The number of anilines is 1. The molecule has 0 fully saturated rings. The number of ether oxygens (including phenoxy) is 3. The summed E-state index contributed by atoms with van der Waals surface area (Å²) < 4.78 is 16.9. The zero-order valence-electron chi connectivity index (χ0n) is 17.9. The number of carbonyl (C=O) groups excluding carboxylic acids is 1. The summed E-state index contributed by atoms with van der Waals surface area (Å²) in [5.74, 6) is 1.97. The summed E-state index contributed by atoms with van der Waals surface area (Å²) in [4.78, 5) is 18.8. The molecule has 1 N–H and O–H groups in total. The van der Waals surface area contributed by atoms with E-state index in [0.717, 1.165) is 23.0 Å². The molecule has 1 aromatic heterocycles. The zero-order chi connectivity index (χ0) is 21.3. The minimum atomic E-state index is -0.0895. The van der Waals surface area contributed by atoms with Crippen molar-refractivity contribution < 1.29 is 19.0 Å². The molecule has 0 spiro atoms. The number of carbonyl (C=O) groups is 1. The van der Waals surface area contributed by atoms with Crippen LogP contribution in [0, 0.1) is 5.92 Å². The van der Waals surface area contributed by atoms with Crippen LogP contribution in [0.25, 0.3) is 10.9 Å². The van der Waals surface area contributed by atoms with Gasteiger partial charge in [-0.1, -0.05) is 13.8 Å². The van der Waals surface area contributed by atoms with Crippen LogP contribution < -0.4 is 19.1 Å². The van der Waals surface area contributed by atoms with E-state index < -0.39 is 0 Å². The molecule has 0 radical (unpaired) electrons. The van der Waals surface area contributed by atoms with Gasteiger partial charge in [-0.15, -0.1) is 0 Å². The highest BCUT2D eigenvalue weighted by Crippen LogP contribution is 2.41. The van der Waals surface area contributed by atoms with Crippen molar-refractivity contribution in [3.63, 3.8) is 0 Å². The second-order valence-corrected chi connectivity index (χ2v) is 8.11. The second kappa shape index (κ2) is 8.30. The van der Waals surface area contributed by atoms with Crippen LogP contribution in [0.4, 0.5) is 5.69 Å². The normalized spacial score (nSPS) is 14.0. The van der Waals surface area contributed by atoms with Crippen LogP contribution in [-0.2, 0) is 0 Å². The molecule has 1 atom stereocenters. The van der Waals surface area contributed by atoms with E-state index in [-0.39, 0.29) is 11.9 Å². The Morgan fingerprint density at radius 1 is 1.13 bits per heavy atom. The number of hydrogen-bond acceptors (Lipinski definition) is 4. The number of fused-ring (bicyclic) bond motifs is 2. The Labute approximate surface area is 176 Å². The van der Waals surface area contributed by atoms with Gasteiger partial charge in [0.2, 0.25) is 5.75 Å². The highest BCUT2D eigenvalue weighted by atomic mass is 16.6. The number of amides is 1. The zero-order valence-corrected chi connectivity index (χ0v) is 17.9. The van der Waals surface area contributed by atoms with Gasteiger partial charge in [-0.3, -0.25) is 4.79 Å². The third-order valence-corrected chi connectivity index (χ3v) is 5.36. The van der Waals surface area contributed by atoms with Crippen LogP contribution in [0.5, 0.6) is 17.2 Å². The fourth-order valence-electron chi connectivity index (χ4n) is 4.09. The minimum absolute atomic E-state index is 0.0214. The summed E-state index contributed by atoms with van der Waals surface area (Å²) in [6.45, 7) is 7.34. The molecule has 1 amide bonds. The summed E-state index contributed by atoms with van der Waals surface area (Å²) in [7, 11) is 1.57. The average Bonchev–Trinajstić information content (AvgIpc) is 3.20. The molecule has 1 unspecified atom stereocenters. The number of methoxy groups -OCH3 is 1. The number of aromatic amines is 1. The first-order valence-electron chi connectivity index (χ1n) is 10.4. The van der Waals surface area contributed by atoms with E-state index in [1.165, 1.54) is 0 Å². The van der Waals surface area contributed by atoms with Gasteiger partial charge in [0.05, 0.1) is 7.11 Å². The molecule has 6 nitrogen and oxygen atoms in total. The smallest absolute Gasteiger partial charge is 0.258 e. The third kappa shape index (κ3) is 3.82. The number of benzene rings is 2. The van der Waals surface area contributed by atoms with Crippen molar-refractivity contribution in [2.24, 2.45) is 5.92 Å². The molecule has 1 aliphatic rings. The molecular weight excluding hydrogens is 380 g/mol. The lowest BCUT2D eigenvalue weighted by Gasteiger charge is -2.31. The Morgan fingerprint density at radius 2 is 1.93 bits per heavy atom. The molecule has 3 aromatic rings. The monoisotopic (exact) mass is 408 g/mol. The summed E-state index contributed by atoms with van der Waals surface area (Å²) in [6.07, 6.45) is 2.79. The highest BCUT2D eigenvalue weighted by Gasteiger charge is 2.28. The quantitative estimate of drug-likeness (QED) is 0.621. The summed E-state index contributed by atoms with van der Waals surface area (Å²) >= 11 is 0. The van der Waals surface area contributed by atoms with Crippen molar-refractivity contribution in [1.82, 2.24) is 4.98 Å². The van der Waals surface area contributed by atoms with Crippen molar-refractivity contribution in [2.75, 3.05) is 25.2 Å². The molecule has 158 valence electrons. The van der Waals surface area contributed by atoms with Crippen LogP contribution in [0.3, 0.4) is 0 Å². The Morgan fingerprint density at radius 3 is 2.70 bits per heavy atom. The van der Waals surface area contributed by atoms with Crippen LogP contribution in [0.2, 0.25) is 0 Å². The van der Waals surface area contributed by atoms with Crippen molar-refractivity contribution in [3.05, 3.63) is 48.2 Å². The standard InChI is InChI=1S/C24H28N2O4/c1-15(2)11-16(3)26(19-5-6-20-17(12-19)7-8-25-20)24(27)18-13-21(28-4)23-22(14-18)29-9-10-30-23/h5-8,12-16,25H,9-11H2,1-4H3. The number of hydrogen-bond donors (Lipinski definition) is 1. The lowest BCUT2D eigenvalue weighted by molar-refractivity contribution is 0.0974. The van der Waals surface area contributed by atoms with E-state index in [0.29, 0.717) is 41.9 Å². The first kappa shape index (κ1) is 20.1. The average molecular weight is 408 g/mol. The third-order valence-electron chi connectivity index (χ3n) is 5.36. The Balaban J connectivity index is 1.77. The number of aromatic nitrogens is 1. The lowest BCUT2D eigenvalue weighted by atomic mass is 10.0. The molecule has 4 rings (SSSR count). The maximum absolute atomic E-state index is 13.8. The first-order valence-corrected chi connectivity index (χ1v) is 10.4. The van der Waals surface area contributed by atoms with Crippen molar-refractivity contribution in [3.8, 4) is 17.2 Å². The maximum Gasteiger partial charge on any atom is 0.258 e. The SMILES string of the molecule is COc1cc(C(=O)N(c2ccc3[nH]ccc3c2)C(C)CC(C)C)cc2c1OCCO2. The number of nitrogens with zero attached hydrogens (tertiary/aromatic N) is 1. The summed E-state index contributed by atoms with van der Waals surface area (Å²) in [5.41, 5.74) is 2.43. The maximum atomic E-state index is 13.8. The summed E-state index contributed by atoms with van der Waals surface area (Å²) in [5, 5.41) is 1.07. The highest BCUT2D eigenvalue weighted by molar-refractivity contribution is 6.08. The van der Waals surface area contributed by atoms with Crippen LogP contribution in [0.15, 0.2) is 42.6 Å². The van der Waals surface area contributed by atoms with Crippen molar-refractivity contribution in [2.45, 2.75) is 33.2 Å². The van der Waals surface area contributed by atoms with E-state index in [1.54, 1.807) is 19.2 Å². The Hall–Kier alpha value is -3.15. The Bertz CT molecular complexity index is 1040. The molecule has 0 aliphatic carbocycles. The van der Waals surface area contributed by atoms with E-state index >= 15 is 0 Å². The molecule has 0 saturated carbocycles. The van der Waals surface area contributed by atoms with Crippen LogP contribution >= 0.6 is 0 Å². The van der Waals surface area contributed by atoms with E-state index in [1.807, 2.05) is 29.3 Å². The van der Waals surface area contributed by atoms with Gasteiger partial charge in [0.15, 0.2) is 11.5 Å². The van der Waals surface area contributed by atoms with Crippen LogP contribution in [-0.4, -0.2) is 37.3 Å². The van der Waals surface area contributed by atoms with Crippen molar-refractivity contribution >= 4 is 22.5 Å². The van der Waals surface area contributed by atoms with Gasteiger partial charge in [-0.05, 0) is 55.7 Å². The Kier molecular flexibility index (Phi) is 5.57. The van der Waals surface area contributed by atoms with Gasteiger partial charge in [-0.25, -0.2) is 0 Å². The van der Waals surface area contributed by atoms with E-state index in [9.17, 15) is 4.79 Å². The molecular formula is C24H28N2O4. The van der Waals surface area contributed by atoms with Gasteiger partial charge < -0.3 is 24.1 Å². The predicted octanol–water partition coefficient (Wildman–Crippen LogP) is 5.03. The van der Waals surface area contributed by atoms with Crippen molar-refractivity contribution in [1.29, 1.82) is 0 Å². The van der Waals surface area contributed by atoms with Gasteiger partial charge >= 0.3 is 0 Å². The lowest BCUT2D eigenvalue weighted by Crippen LogP contribution is -2.39. The largest absolute Gasteiger partial charge is 0.493 e. The molecule has 0 bridgehead atoms. The van der Waals surface area contributed by atoms with E-state index in [2.05, 4.69) is 31.8 Å². The molecule has 2 aromatic carbocycles. The molecule has 30 heavy (non-hydrogen) atoms. The molecule has 6 heteroatoms. The summed E-state index contributed by atoms with van der Waals surface area (Å²) in [6, 6.07) is 11.6. The fourth-order valence-corrected chi connectivity index (χ4v) is 4.09.